The predicted molar refractivity (Wildman–Crippen MR) is 82.7 cm³/mol. The number of rotatable bonds is 8. The molecular formula is C17H29NO. The topological polar surface area (TPSA) is 21.3 Å². The summed E-state index contributed by atoms with van der Waals surface area (Å²) in [5.41, 5.74) is 2.61. The fraction of sp³-hybridized carbons (Fsp3) is 0.647. The Morgan fingerprint density at radius 1 is 1.11 bits per heavy atom. The third-order valence-electron chi connectivity index (χ3n) is 3.88. The number of hydrogen-bond acceptors (Lipinski definition) is 2. The summed E-state index contributed by atoms with van der Waals surface area (Å²) in [7, 11) is 1.79. The highest BCUT2D eigenvalue weighted by molar-refractivity contribution is 5.23. The van der Waals surface area contributed by atoms with E-state index >= 15 is 0 Å². The first-order valence-electron chi connectivity index (χ1n) is 7.39. The summed E-state index contributed by atoms with van der Waals surface area (Å²) < 4.78 is 5.65. The lowest BCUT2D eigenvalue weighted by Gasteiger charge is -2.34. The van der Waals surface area contributed by atoms with Crippen molar-refractivity contribution in [3.63, 3.8) is 0 Å². The summed E-state index contributed by atoms with van der Waals surface area (Å²) in [6.45, 7) is 9.72. The van der Waals surface area contributed by atoms with E-state index in [9.17, 15) is 0 Å². The zero-order valence-electron chi connectivity index (χ0n) is 13.1. The van der Waals surface area contributed by atoms with Crippen LogP contribution in [-0.2, 0) is 17.6 Å². The highest BCUT2D eigenvalue weighted by atomic mass is 16.5. The van der Waals surface area contributed by atoms with Gasteiger partial charge in [0.05, 0.1) is 5.60 Å². The van der Waals surface area contributed by atoms with Crippen molar-refractivity contribution in [1.82, 2.24) is 5.32 Å². The first-order valence-corrected chi connectivity index (χ1v) is 7.39. The van der Waals surface area contributed by atoms with Crippen LogP contribution in [0.2, 0.25) is 0 Å². The molecule has 1 rings (SSSR count). The Hall–Kier alpha value is -0.860. The average molecular weight is 263 g/mol. The Bertz CT molecular complexity index is 356. The molecule has 0 saturated carbocycles. The van der Waals surface area contributed by atoms with Gasteiger partial charge in [0.1, 0.15) is 0 Å². The molecule has 0 radical (unpaired) electrons. The second-order valence-corrected chi connectivity index (χ2v) is 5.69. The van der Waals surface area contributed by atoms with Gasteiger partial charge in [-0.1, -0.05) is 38.1 Å². The van der Waals surface area contributed by atoms with Gasteiger partial charge < -0.3 is 10.1 Å². The molecule has 0 bridgehead atoms. The first-order chi connectivity index (χ1) is 9.03. The van der Waals surface area contributed by atoms with Crippen LogP contribution >= 0.6 is 0 Å². The molecule has 2 heteroatoms. The maximum absolute atomic E-state index is 5.65. The lowest BCUT2D eigenvalue weighted by atomic mass is 9.91. The van der Waals surface area contributed by atoms with Crippen molar-refractivity contribution in [2.75, 3.05) is 13.7 Å². The summed E-state index contributed by atoms with van der Waals surface area (Å²) in [4.78, 5) is 0. The number of hydrogen-bond donors (Lipinski definition) is 1. The quantitative estimate of drug-likeness (QED) is 0.774. The van der Waals surface area contributed by atoms with E-state index in [2.05, 4.69) is 57.3 Å². The number of aryl methyl sites for hydroxylation is 1. The summed E-state index contributed by atoms with van der Waals surface area (Å²) in [6.07, 6.45) is 3.25. The summed E-state index contributed by atoms with van der Waals surface area (Å²) in [6, 6.07) is 9.28. The van der Waals surface area contributed by atoms with Gasteiger partial charge in [-0.3, -0.25) is 0 Å². The van der Waals surface area contributed by atoms with Crippen LogP contribution in [-0.4, -0.2) is 25.3 Å². The van der Waals surface area contributed by atoms with Gasteiger partial charge in [-0.15, -0.1) is 0 Å². The van der Waals surface area contributed by atoms with Gasteiger partial charge in [0.25, 0.3) is 0 Å². The summed E-state index contributed by atoms with van der Waals surface area (Å²) in [5, 5.41) is 3.61. The fourth-order valence-corrected chi connectivity index (χ4v) is 2.17. The molecule has 0 aliphatic rings. The van der Waals surface area contributed by atoms with Crippen molar-refractivity contribution in [3.8, 4) is 0 Å². The average Bonchev–Trinajstić information content (AvgIpc) is 2.43. The lowest BCUT2D eigenvalue weighted by molar-refractivity contribution is -0.00997. The molecular weight excluding hydrogens is 234 g/mol. The Balaban J connectivity index is 2.75. The van der Waals surface area contributed by atoms with Crippen LogP contribution in [0.4, 0.5) is 0 Å². The SMILES string of the molecule is CCCNC(Cc1ccc(CC)cc1)C(C)(C)OC. The molecule has 0 aliphatic carbocycles. The van der Waals surface area contributed by atoms with Crippen LogP contribution in [0.25, 0.3) is 0 Å². The molecule has 1 N–H and O–H groups in total. The predicted octanol–water partition coefficient (Wildman–Crippen LogP) is 3.58. The van der Waals surface area contributed by atoms with Crippen molar-refractivity contribution in [3.05, 3.63) is 35.4 Å². The molecule has 1 unspecified atom stereocenters. The van der Waals surface area contributed by atoms with Gasteiger partial charge in [-0.2, -0.15) is 0 Å². The minimum absolute atomic E-state index is 0.154. The zero-order valence-corrected chi connectivity index (χ0v) is 13.1. The minimum atomic E-state index is -0.154. The number of benzene rings is 1. The molecule has 0 amide bonds. The molecule has 1 aromatic rings. The number of methoxy groups -OCH3 is 1. The molecule has 0 heterocycles. The van der Waals surface area contributed by atoms with Crippen LogP contribution in [0.3, 0.4) is 0 Å². The normalized spacial score (nSPS) is 13.5. The van der Waals surface area contributed by atoms with E-state index in [0.717, 1.165) is 25.8 Å². The van der Waals surface area contributed by atoms with Crippen molar-refractivity contribution in [2.24, 2.45) is 0 Å². The van der Waals surface area contributed by atoms with E-state index in [1.54, 1.807) is 7.11 Å². The second kappa shape index (κ2) is 7.66. The smallest absolute Gasteiger partial charge is 0.0778 e. The monoisotopic (exact) mass is 263 g/mol. The lowest BCUT2D eigenvalue weighted by Crippen LogP contribution is -2.49. The molecule has 1 aromatic carbocycles. The van der Waals surface area contributed by atoms with Crippen LogP contribution in [0.15, 0.2) is 24.3 Å². The zero-order chi connectivity index (χ0) is 14.3. The minimum Gasteiger partial charge on any atom is -0.377 e. The Labute approximate surface area is 118 Å². The standard InChI is InChI=1S/C17H29NO/c1-6-12-18-16(17(3,4)19-5)13-15-10-8-14(7-2)9-11-15/h8-11,16,18H,6-7,12-13H2,1-5H3. The second-order valence-electron chi connectivity index (χ2n) is 5.69. The first kappa shape index (κ1) is 16.2. The van der Waals surface area contributed by atoms with Gasteiger partial charge in [-0.05, 0) is 50.8 Å². The van der Waals surface area contributed by atoms with Crippen LogP contribution in [0, 0.1) is 0 Å². The molecule has 19 heavy (non-hydrogen) atoms. The Kier molecular flexibility index (Phi) is 6.53. The van der Waals surface area contributed by atoms with E-state index < -0.39 is 0 Å². The molecule has 108 valence electrons. The maximum Gasteiger partial charge on any atom is 0.0778 e. The van der Waals surface area contributed by atoms with Gasteiger partial charge in [-0.25, -0.2) is 0 Å². The van der Waals surface area contributed by atoms with E-state index in [1.807, 2.05) is 0 Å². The molecule has 0 aromatic heterocycles. The largest absolute Gasteiger partial charge is 0.377 e. The summed E-state index contributed by atoms with van der Waals surface area (Å²) >= 11 is 0. The Morgan fingerprint density at radius 3 is 2.16 bits per heavy atom. The molecule has 0 saturated heterocycles. The summed E-state index contributed by atoms with van der Waals surface area (Å²) in [5.74, 6) is 0. The van der Waals surface area contributed by atoms with Crippen LogP contribution in [0.1, 0.15) is 45.2 Å². The van der Waals surface area contributed by atoms with Crippen LogP contribution < -0.4 is 5.32 Å². The van der Waals surface area contributed by atoms with E-state index in [-0.39, 0.29) is 5.60 Å². The van der Waals surface area contributed by atoms with Crippen molar-refractivity contribution < 1.29 is 4.74 Å². The van der Waals surface area contributed by atoms with Gasteiger partial charge in [0.15, 0.2) is 0 Å². The molecule has 0 spiro atoms. The third-order valence-corrected chi connectivity index (χ3v) is 3.88. The van der Waals surface area contributed by atoms with Gasteiger partial charge in [0.2, 0.25) is 0 Å². The van der Waals surface area contributed by atoms with Gasteiger partial charge in [0, 0.05) is 13.2 Å². The fourth-order valence-electron chi connectivity index (χ4n) is 2.17. The highest BCUT2D eigenvalue weighted by Crippen LogP contribution is 2.18. The Morgan fingerprint density at radius 2 is 1.68 bits per heavy atom. The maximum atomic E-state index is 5.65. The van der Waals surface area contributed by atoms with E-state index in [4.69, 9.17) is 4.74 Å². The third kappa shape index (κ3) is 4.96. The molecule has 1 atom stereocenters. The van der Waals surface area contributed by atoms with E-state index in [0.29, 0.717) is 6.04 Å². The van der Waals surface area contributed by atoms with Crippen molar-refractivity contribution >= 4 is 0 Å². The molecule has 0 aliphatic heterocycles. The van der Waals surface area contributed by atoms with Crippen molar-refractivity contribution in [2.45, 2.75) is 58.6 Å². The molecule has 0 fully saturated rings. The number of nitrogens with one attached hydrogen (secondary N) is 1. The van der Waals surface area contributed by atoms with Crippen molar-refractivity contribution in [1.29, 1.82) is 0 Å². The highest BCUT2D eigenvalue weighted by Gasteiger charge is 2.28. The molecule has 2 nitrogen and oxygen atoms in total. The van der Waals surface area contributed by atoms with Crippen LogP contribution in [0.5, 0.6) is 0 Å². The van der Waals surface area contributed by atoms with Gasteiger partial charge >= 0.3 is 0 Å². The number of ether oxygens (including phenoxy) is 1. The van der Waals surface area contributed by atoms with E-state index in [1.165, 1.54) is 11.1 Å².